The molecular weight excluding hydrogens is 390 g/mol. The third-order valence-electron chi connectivity index (χ3n) is 3.47. The second kappa shape index (κ2) is 6.81. The molecule has 0 fully saturated rings. The Morgan fingerprint density at radius 3 is 2.96 bits per heavy atom. The maximum absolute atomic E-state index is 12.4. The van der Waals surface area contributed by atoms with Gasteiger partial charge in [-0.1, -0.05) is 12.1 Å². The first-order valence-corrected chi connectivity index (χ1v) is 7.97. The number of amides is 1. The highest BCUT2D eigenvalue weighted by Gasteiger charge is 2.16. The van der Waals surface area contributed by atoms with E-state index in [0.717, 1.165) is 0 Å². The van der Waals surface area contributed by atoms with Gasteiger partial charge in [0.25, 0.3) is 11.6 Å². The van der Waals surface area contributed by atoms with Crippen molar-refractivity contribution in [2.45, 2.75) is 6.92 Å². The van der Waals surface area contributed by atoms with Gasteiger partial charge in [0.2, 0.25) is 0 Å². The summed E-state index contributed by atoms with van der Waals surface area (Å²) in [6.45, 7) is 1.74. The van der Waals surface area contributed by atoms with E-state index < -0.39 is 10.8 Å². The van der Waals surface area contributed by atoms with Crippen LogP contribution in [0.5, 0.6) is 0 Å². The zero-order valence-corrected chi connectivity index (χ0v) is 14.6. The minimum atomic E-state index is -0.498. The van der Waals surface area contributed by atoms with Gasteiger partial charge < -0.3 is 0 Å². The van der Waals surface area contributed by atoms with Crippen molar-refractivity contribution < 1.29 is 9.72 Å². The number of carbonyl (C=O) groups excluding carboxylic acids is 1. The number of benzene rings is 1. The Morgan fingerprint density at radius 1 is 1.40 bits per heavy atom. The highest BCUT2D eigenvalue weighted by molar-refractivity contribution is 9.10. The predicted molar refractivity (Wildman–Crippen MR) is 95.8 cm³/mol. The van der Waals surface area contributed by atoms with E-state index in [1.165, 1.54) is 12.3 Å². The summed E-state index contributed by atoms with van der Waals surface area (Å²) in [6.07, 6.45) is 3.09. The van der Waals surface area contributed by atoms with E-state index >= 15 is 0 Å². The average Bonchev–Trinajstić information content (AvgIpc) is 2.91. The molecule has 3 rings (SSSR count). The molecule has 0 aliphatic rings. The number of hydrazone groups is 1. The minimum Gasteiger partial charge on any atom is -0.295 e. The van der Waals surface area contributed by atoms with Crippen molar-refractivity contribution in [3.63, 3.8) is 0 Å². The number of rotatable bonds is 4. The lowest BCUT2D eigenvalue weighted by molar-refractivity contribution is -0.385. The number of nitrogens with one attached hydrogen (secondary N) is 1. The minimum absolute atomic E-state index is 0.0760. The number of aromatic nitrogens is 2. The zero-order valence-electron chi connectivity index (χ0n) is 13.0. The molecular formula is C16H12BrN5O3. The molecule has 2 heterocycles. The number of aryl methyl sites for hydroxylation is 1. The fourth-order valence-electron chi connectivity index (χ4n) is 2.36. The van der Waals surface area contributed by atoms with Crippen molar-refractivity contribution >= 4 is 39.4 Å². The van der Waals surface area contributed by atoms with E-state index in [-0.39, 0.29) is 5.69 Å². The van der Waals surface area contributed by atoms with Crippen LogP contribution < -0.4 is 5.43 Å². The number of hydrogen-bond donors (Lipinski definition) is 1. The molecule has 25 heavy (non-hydrogen) atoms. The van der Waals surface area contributed by atoms with Crippen molar-refractivity contribution in [2.24, 2.45) is 5.10 Å². The van der Waals surface area contributed by atoms with Gasteiger partial charge in [-0.2, -0.15) is 5.10 Å². The number of halogens is 1. The smallest absolute Gasteiger partial charge is 0.290 e. The Kier molecular flexibility index (Phi) is 4.57. The van der Waals surface area contributed by atoms with Gasteiger partial charge in [0.1, 0.15) is 11.3 Å². The molecule has 126 valence electrons. The van der Waals surface area contributed by atoms with Gasteiger partial charge in [-0.05, 0) is 41.1 Å². The highest BCUT2D eigenvalue weighted by atomic mass is 79.9. The monoisotopic (exact) mass is 401 g/mol. The van der Waals surface area contributed by atoms with Crippen LogP contribution >= 0.6 is 15.9 Å². The third kappa shape index (κ3) is 3.41. The number of fused-ring (bicyclic) bond motifs is 1. The lowest BCUT2D eigenvalue weighted by atomic mass is 10.2. The first kappa shape index (κ1) is 16.8. The van der Waals surface area contributed by atoms with Crippen molar-refractivity contribution in [3.8, 4) is 0 Å². The van der Waals surface area contributed by atoms with Gasteiger partial charge in [0.05, 0.1) is 21.3 Å². The number of nitro groups is 1. The Bertz CT molecular complexity index is 1010. The quantitative estimate of drug-likeness (QED) is 0.412. The number of pyridine rings is 1. The summed E-state index contributed by atoms with van der Waals surface area (Å²) >= 11 is 3.11. The van der Waals surface area contributed by atoms with E-state index in [9.17, 15) is 14.9 Å². The Hall–Kier alpha value is -3.07. The highest BCUT2D eigenvalue weighted by Crippen LogP contribution is 2.24. The SMILES string of the molecule is Cc1nc2ccccn2c1C(=O)N/N=C\c1ccc(Br)c([N+](=O)[O-])c1. The molecule has 0 bridgehead atoms. The maximum atomic E-state index is 12.4. The molecule has 9 heteroatoms. The molecule has 0 aliphatic heterocycles. The standard InChI is InChI=1S/C16H12BrN5O3/c1-10-15(21-7-3-2-4-14(21)19-10)16(23)20-18-9-11-5-6-12(17)13(8-11)22(24)25/h2-9H,1H3,(H,20,23)/b18-9-. The second-order valence-electron chi connectivity index (χ2n) is 5.14. The fourth-order valence-corrected chi connectivity index (χ4v) is 2.75. The molecule has 2 aromatic heterocycles. The number of nitro benzene ring substituents is 1. The summed E-state index contributed by atoms with van der Waals surface area (Å²) in [7, 11) is 0. The van der Waals surface area contributed by atoms with Crippen molar-refractivity contribution in [1.82, 2.24) is 14.8 Å². The summed E-state index contributed by atoms with van der Waals surface area (Å²) in [5, 5.41) is 14.8. The molecule has 1 amide bonds. The predicted octanol–water partition coefficient (Wildman–Crippen LogP) is 3.08. The second-order valence-corrected chi connectivity index (χ2v) is 6.00. The van der Waals surface area contributed by atoms with Crippen LogP contribution in [0.3, 0.4) is 0 Å². The van der Waals surface area contributed by atoms with Crippen LogP contribution in [0.2, 0.25) is 0 Å². The van der Waals surface area contributed by atoms with Crippen molar-refractivity contribution in [2.75, 3.05) is 0 Å². The van der Waals surface area contributed by atoms with Gasteiger partial charge in [-0.25, -0.2) is 10.4 Å². The molecule has 3 aromatic rings. The molecule has 1 N–H and O–H groups in total. The topological polar surface area (TPSA) is 102 Å². The van der Waals surface area contributed by atoms with E-state index in [2.05, 4.69) is 31.4 Å². The van der Waals surface area contributed by atoms with Crippen LogP contribution in [0.25, 0.3) is 5.65 Å². The van der Waals surface area contributed by atoms with Gasteiger partial charge in [0, 0.05) is 17.8 Å². The molecule has 0 aliphatic carbocycles. The molecule has 0 spiro atoms. The summed E-state index contributed by atoms with van der Waals surface area (Å²) in [5.74, 6) is -0.418. The first-order valence-electron chi connectivity index (χ1n) is 7.18. The van der Waals surface area contributed by atoms with Gasteiger partial charge in [-0.15, -0.1) is 0 Å². The van der Waals surface area contributed by atoms with Crippen molar-refractivity contribution in [3.05, 3.63) is 74.1 Å². The third-order valence-corrected chi connectivity index (χ3v) is 4.14. The summed E-state index contributed by atoms with van der Waals surface area (Å²) in [4.78, 5) is 27.1. The zero-order chi connectivity index (χ0) is 18.0. The lowest BCUT2D eigenvalue weighted by Gasteiger charge is -2.01. The first-order chi connectivity index (χ1) is 12.0. The number of carbonyl (C=O) groups is 1. The van der Waals surface area contributed by atoms with Gasteiger partial charge in [-0.3, -0.25) is 19.3 Å². The summed E-state index contributed by atoms with van der Waals surface area (Å²) in [6, 6.07) is 9.99. The number of nitrogens with zero attached hydrogens (tertiary/aromatic N) is 4. The molecule has 0 unspecified atom stereocenters. The van der Waals surface area contributed by atoms with E-state index in [4.69, 9.17) is 0 Å². The summed E-state index contributed by atoms with van der Waals surface area (Å²) < 4.78 is 2.05. The van der Waals surface area contributed by atoms with Crippen LogP contribution in [-0.2, 0) is 0 Å². The van der Waals surface area contributed by atoms with Gasteiger partial charge >= 0.3 is 0 Å². The number of imidazole rings is 1. The molecule has 0 atom stereocenters. The van der Waals surface area contributed by atoms with Crippen LogP contribution in [-0.4, -0.2) is 26.4 Å². The summed E-state index contributed by atoms with van der Waals surface area (Å²) in [5.41, 5.74) is 4.46. The molecule has 1 aromatic carbocycles. The van der Waals surface area contributed by atoms with E-state index in [0.29, 0.717) is 27.1 Å². The molecule has 0 saturated carbocycles. The van der Waals surface area contributed by atoms with Crippen LogP contribution in [0.15, 0.2) is 52.2 Å². The van der Waals surface area contributed by atoms with Crippen LogP contribution in [0, 0.1) is 17.0 Å². The Balaban J connectivity index is 1.80. The largest absolute Gasteiger partial charge is 0.295 e. The Morgan fingerprint density at radius 2 is 2.20 bits per heavy atom. The molecule has 0 saturated heterocycles. The normalized spacial score (nSPS) is 11.1. The van der Waals surface area contributed by atoms with Crippen LogP contribution in [0.1, 0.15) is 21.7 Å². The van der Waals surface area contributed by atoms with E-state index in [1.807, 2.05) is 6.07 Å². The van der Waals surface area contributed by atoms with Crippen molar-refractivity contribution in [1.29, 1.82) is 0 Å². The molecule has 8 nitrogen and oxygen atoms in total. The Labute approximate surface area is 150 Å². The number of hydrogen-bond acceptors (Lipinski definition) is 5. The van der Waals surface area contributed by atoms with Crippen LogP contribution in [0.4, 0.5) is 5.69 Å². The molecule has 0 radical (unpaired) electrons. The maximum Gasteiger partial charge on any atom is 0.290 e. The fraction of sp³-hybridized carbons (Fsp3) is 0.0625. The average molecular weight is 402 g/mol. The van der Waals surface area contributed by atoms with Gasteiger partial charge in [0.15, 0.2) is 0 Å². The lowest BCUT2D eigenvalue weighted by Crippen LogP contribution is -2.20. The van der Waals surface area contributed by atoms with E-state index in [1.54, 1.807) is 41.8 Å².